The van der Waals surface area contributed by atoms with E-state index in [1.165, 1.54) is 5.56 Å². The van der Waals surface area contributed by atoms with Gasteiger partial charge in [-0.15, -0.1) is 0 Å². The van der Waals surface area contributed by atoms with Crippen molar-refractivity contribution in [3.05, 3.63) is 65.7 Å². The van der Waals surface area contributed by atoms with Gasteiger partial charge in [-0.05, 0) is 42.0 Å². The highest BCUT2D eigenvalue weighted by molar-refractivity contribution is 5.77. The van der Waals surface area contributed by atoms with Gasteiger partial charge in [-0.3, -0.25) is 4.79 Å². The number of carbonyl (C=O) groups excluding carboxylic acids is 1. The standard InChI is InChI=1S/C21H25NO2/c1-16(18-6-4-3-5-7-18)14-21(23)22(19-10-11-19)15-17-8-12-20(24-2)13-9-17/h3-9,12-13,16,19H,10-11,14-15H2,1-2H3. The Morgan fingerprint density at radius 2 is 1.79 bits per heavy atom. The van der Waals surface area contributed by atoms with E-state index >= 15 is 0 Å². The summed E-state index contributed by atoms with van der Waals surface area (Å²) in [6.45, 7) is 2.82. The van der Waals surface area contributed by atoms with Crippen LogP contribution in [0.15, 0.2) is 54.6 Å². The van der Waals surface area contributed by atoms with Gasteiger partial charge >= 0.3 is 0 Å². The first-order valence-corrected chi connectivity index (χ1v) is 8.64. The molecule has 2 aromatic rings. The van der Waals surface area contributed by atoms with Crippen molar-refractivity contribution in [3.63, 3.8) is 0 Å². The molecule has 0 heterocycles. The van der Waals surface area contributed by atoms with E-state index < -0.39 is 0 Å². The predicted molar refractivity (Wildman–Crippen MR) is 96.0 cm³/mol. The third-order valence-electron chi connectivity index (χ3n) is 4.67. The van der Waals surface area contributed by atoms with Gasteiger partial charge in [-0.2, -0.15) is 0 Å². The summed E-state index contributed by atoms with van der Waals surface area (Å²) in [6.07, 6.45) is 2.82. The molecule has 0 aliphatic heterocycles. The molecule has 1 aliphatic rings. The molecular weight excluding hydrogens is 298 g/mol. The third-order valence-corrected chi connectivity index (χ3v) is 4.67. The van der Waals surface area contributed by atoms with E-state index in [9.17, 15) is 4.79 Å². The maximum atomic E-state index is 12.8. The first-order chi connectivity index (χ1) is 11.7. The van der Waals surface area contributed by atoms with Gasteiger partial charge in [0.25, 0.3) is 0 Å². The minimum absolute atomic E-state index is 0.246. The minimum Gasteiger partial charge on any atom is -0.497 e. The number of methoxy groups -OCH3 is 1. The zero-order valence-electron chi connectivity index (χ0n) is 14.4. The fourth-order valence-corrected chi connectivity index (χ4v) is 3.01. The average Bonchev–Trinajstić information content (AvgIpc) is 3.45. The molecule has 3 heteroatoms. The first-order valence-electron chi connectivity index (χ1n) is 8.64. The van der Waals surface area contributed by atoms with Gasteiger partial charge in [0.2, 0.25) is 5.91 Å². The summed E-state index contributed by atoms with van der Waals surface area (Å²) in [5.41, 5.74) is 2.38. The van der Waals surface area contributed by atoms with Crippen LogP contribution in [0.25, 0.3) is 0 Å². The first kappa shape index (κ1) is 16.6. The van der Waals surface area contributed by atoms with Gasteiger partial charge in [0.1, 0.15) is 5.75 Å². The smallest absolute Gasteiger partial charge is 0.223 e. The average molecular weight is 323 g/mol. The molecule has 0 bridgehead atoms. The van der Waals surface area contributed by atoms with Crippen LogP contribution < -0.4 is 4.74 Å². The number of rotatable bonds is 7. The molecular formula is C21H25NO2. The van der Waals surface area contributed by atoms with Gasteiger partial charge in [0.05, 0.1) is 7.11 Å². The number of amides is 1. The van der Waals surface area contributed by atoms with Crippen molar-refractivity contribution in [3.8, 4) is 5.75 Å². The van der Waals surface area contributed by atoms with Gasteiger partial charge in [0.15, 0.2) is 0 Å². The Morgan fingerprint density at radius 1 is 1.12 bits per heavy atom. The Balaban J connectivity index is 1.65. The second-order valence-electron chi connectivity index (χ2n) is 6.62. The van der Waals surface area contributed by atoms with Crippen LogP contribution in [0.1, 0.15) is 43.2 Å². The van der Waals surface area contributed by atoms with Gasteiger partial charge in [-0.25, -0.2) is 0 Å². The van der Waals surface area contributed by atoms with Crippen LogP contribution in [0.3, 0.4) is 0 Å². The molecule has 0 N–H and O–H groups in total. The number of benzene rings is 2. The highest BCUT2D eigenvalue weighted by Crippen LogP contribution is 2.31. The van der Waals surface area contributed by atoms with Crippen molar-refractivity contribution >= 4 is 5.91 Å². The minimum atomic E-state index is 0.246. The number of hydrogen-bond acceptors (Lipinski definition) is 2. The maximum Gasteiger partial charge on any atom is 0.223 e. The molecule has 0 spiro atoms. The molecule has 24 heavy (non-hydrogen) atoms. The van der Waals surface area contributed by atoms with Crippen molar-refractivity contribution in [1.29, 1.82) is 0 Å². The van der Waals surface area contributed by atoms with E-state index in [1.54, 1.807) is 7.11 Å². The zero-order valence-corrected chi connectivity index (χ0v) is 14.4. The molecule has 0 aromatic heterocycles. The van der Waals surface area contributed by atoms with Crippen molar-refractivity contribution in [1.82, 2.24) is 4.90 Å². The molecule has 1 aliphatic carbocycles. The third kappa shape index (κ3) is 4.16. The quantitative estimate of drug-likeness (QED) is 0.757. The molecule has 1 fully saturated rings. The van der Waals surface area contributed by atoms with Crippen LogP contribution in [-0.4, -0.2) is 24.0 Å². The predicted octanol–water partition coefficient (Wildman–Crippen LogP) is 4.38. The Kier molecular flexibility index (Phi) is 5.19. The molecule has 1 amide bonds. The van der Waals surface area contributed by atoms with Crippen LogP contribution in [0.5, 0.6) is 5.75 Å². The van der Waals surface area contributed by atoms with Crippen LogP contribution in [-0.2, 0) is 11.3 Å². The molecule has 126 valence electrons. The largest absolute Gasteiger partial charge is 0.497 e. The van der Waals surface area contributed by atoms with E-state index in [2.05, 4.69) is 24.0 Å². The molecule has 3 rings (SSSR count). The Labute approximate surface area is 144 Å². The number of ether oxygens (including phenoxy) is 1. The lowest BCUT2D eigenvalue weighted by Gasteiger charge is -2.24. The summed E-state index contributed by atoms with van der Waals surface area (Å²) in [6, 6.07) is 18.7. The Hall–Kier alpha value is -2.29. The van der Waals surface area contributed by atoms with Gasteiger partial charge in [0, 0.05) is 19.0 Å². The summed E-state index contributed by atoms with van der Waals surface area (Å²) >= 11 is 0. The van der Waals surface area contributed by atoms with Gasteiger partial charge in [-0.1, -0.05) is 49.4 Å². The molecule has 1 saturated carbocycles. The molecule has 1 atom stereocenters. The summed E-state index contributed by atoms with van der Waals surface area (Å²) in [4.78, 5) is 14.9. The van der Waals surface area contributed by atoms with E-state index in [0.717, 1.165) is 24.2 Å². The van der Waals surface area contributed by atoms with Crippen molar-refractivity contribution < 1.29 is 9.53 Å². The van der Waals surface area contributed by atoms with E-state index in [4.69, 9.17) is 4.74 Å². The molecule has 3 nitrogen and oxygen atoms in total. The zero-order chi connectivity index (χ0) is 16.9. The van der Waals surface area contributed by atoms with Crippen LogP contribution in [0.4, 0.5) is 0 Å². The Bertz CT molecular complexity index is 662. The number of nitrogens with zero attached hydrogens (tertiary/aromatic N) is 1. The van der Waals surface area contributed by atoms with Crippen LogP contribution >= 0.6 is 0 Å². The number of carbonyl (C=O) groups is 1. The second kappa shape index (κ2) is 7.52. The lowest BCUT2D eigenvalue weighted by Crippen LogP contribution is -2.33. The highest BCUT2D eigenvalue weighted by atomic mass is 16.5. The topological polar surface area (TPSA) is 29.5 Å². The SMILES string of the molecule is COc1ccc(CN(C(=O)CC(C)c2ccccc2)C2CC2)cc1. The molecule has 0 radical (unpaired) electrons. The molecule has 1 unspecified atom stereocenters. The van der Waals surface area contributed by atoms with E-state index in [0.29, 0.717) is 19.0 Å². The van der Waals surface area contributed by atoms with Crippen molar-refractivity contribution in [2.24, 2.45) is 0 Å². The van der Waals surface area contributed by atoms with E-state index in [1.807, 2.05) is 42.5 Å². The fraction of sp³-hybridized carbons (Fsp3) is 0.381. The van der Waals surface area contributed by atoms with Crippen molar-refractivity contribution in [2.75, 3.05) is 7.11 Å². The lowest BCUT2D eigenvalue weighted by atomic mass is 9.97. The second-order valence-corrected chi connectivity index (χ2v) is 6.62. The van der Waals surface area contributed by atoms with E-state index in [-0.39, 0.29) is 11.8 Å². The van der Waals surface area contributed by atoms with Crippen LogP contribution in [0.2, 0.25) is 0 Å². The Morgan fingerprint density at radius 3 is 2.38 bits per heavy atom. The maximum absolute atomic E-state index is 12.8. The summed E-state index contributed by atoms with van der Waals surface area (Å²) < 4.78 is 5.20. The summed E-state index contributed by atoms with van der Waals surface area (Å²) in [5.74, 6) is 1.35. The molecule has 0 saturated heterocycles. The highest BCUT2D eigenvalue weighted by Gasteiger charge is 2.33. The van der Waals surface area contributed by atoms with Crippen LogP contribution in [0, 0.1) is 0 Å². The monoisotopic (exact) mass is 323 g/mol. The number of hydrogen-bond donors (Lipinski definition) is 0. The molecule has 2 aromatic carbocycles. The van der Waals surface area contributed by atoms with Crippen molar-refractivity contribution in [2.45, 2.75) is 44.7 Å². The fourth-order valence-electron chi connectivity index (χ4n) is 3.01. The van der Waals surface area contributed by atoms with Gasteiger partial charge < -0.3 is 9.64 Å². The summed E-state index contributed by atoms with van der Waals surface area (Å²) in [5, 5.41) is 0. The summed E-state index contributed by atoms with van der Waals surface area (Å²) in [7, 11) is 1.67. The lowest BCUT2D eigenvalue weighted by molar-refractivity contribution is -0.132. The normalized spacial score (nSPS) is 14.9.